The summed E-state index contributed by atoms with van der Waals surface area (Å²) in [5, 5.41) is 9.30. The smallest absolute Gasteiger partial charge is 0.241 e. The molecule has 0 saturated heterocycles. The molecule has 0 radical (unpaired) electrons. The number of nitrogens with two attached hydrogens (primary N) is 1. The molecule has 0 aliphatic rings. The molecule has 0 amide bonds. The van der Waals surface area contributed by atoms with Gasteiger partial charge in [-0.3, -0.25) is 0 Å². The molecule has 0 aliphatic carbocycles. The maximum atomic E-state index is 12.4. The highest BCUT2D eigenvalue weighted by atomic mass is 79.9. The van der Waals surface area contributed by atoms with Crippen LogP contribution in [0.15, 0.2) is 21.5 Å². The van der Waals surface area contributed by atoms with E-state index in [1.54, 1.807) is 19.9 Å². The van der Waals surface area contributed by atoms with Crippen LogP contribution >= 0.6 is 15.9 Å². The molecule has 1 unspecified atom stereocenters. The highest BCUT2D eigenvalue weighted by molar-refractivity contribution is 9.10. The number of rotatable bonds is 5. The van der Waals surface area contributed by atoms with Crippen molar-refractivity contribution in [1.82, 2.24) is 4.72 Å². The summed E-state index contributed by atoms with van der Waals surface area (Å²) in [7, 11) is -3.72. The summed E-state index contributed by atoms with van der Waals surface area (Å²) in [6.07, 6.45) is 0.480. The lowest BCUT2D eigenvalue weighted by molar-refractivity contribution is 0.191. The Morgan fingerprint density at radius 2 is 2.05 bits per heavy atom. The minimum atomic E-state index is -3.72. The molecule has 0 aliphatic heterocycles. The quantitative estimate of drug-likeness (QED) is 0.705. The molecule has 0 fully saturated rings. The van der Waals surface area contributed by atoms with Gasteiger partial charge in [0.25, 0.3) is 0 Å². The summed E-state index contributed by atoms with van der Waals surface area (Å²) in [6.45, 7) is 4.89. The van der Waals surface area contributed by atoms with Gasteiger partial charge in [-0.2, -0.15) is 0 Å². The van der Waals surface area contributed by atoms with Gasteiger partial charge < -0.3 is 10.8 Å². The SMILES string of the molecule is CCC(C)(CO)NS(=O)(=O)c1cc(N)c(Br)cc1C. The van der Waals surface area contributed by atoms with Crippen molar-refractivity contribution in [3.63, 3.8) is 0 Å². The van der Waals surface area contributed by atoms with Gasteiger partial charge in [-0.15, -0.1) is 0 Å². The normalized spacial score (nSPS) is 15.2. The minimum absolute atomic E-state index is 0.126. The topological polar surface area (TPSA) is 92.4 Å². The number of aliphatic hydroxyl groups excluding tert-OH is 1. The average molecular weight is 351 g/mol. The van der Waals surface area contributed by atoms with Crippen LogP contribution in [-0.2, 0) is 10.0 Å². The molecular weight excluding hydrogens is 332 g/mol. The molecule has 7 heteroatoms. The van der Waals surface area contributed by atoms with E-state index in [0.29, 0.717) is 22.1 Å². The van der Waals surface area contributed by atoms with Gasteiger partial charge in [0.1, 0.15) is 0 Å². The van der Waals surface area contributed by atoms with Gasteiger partial charge in [0.15, 0.2) is 0 Å². The number of nitrogens with one attached hydrogen (secondary N) is 1. The number of aliphatic hydroxyl groups is 1. The number of sulfonamides is 1. The zero-order valence-electron chi connectivity index (χ0n) is 11.2. The van der Waals surface area contributed by atoms with Crippen molar-refractivity contribution < 1.29 is 13.5 Å². The van der Waals surface area contributed by atoms with E-state index in [1.807, 2.05) is 6.92 Å². The zero-order valence-corrected chi connectivity index (χ0v) is 13.6. The molecule has 0 aromatic heterocycles. The molecule has 108 valence electrons. The minimum Gasteiger partial charge on any atom is -0.398 e. The average Bonchev–Trinajstić information content (AvgIpc) is 2.33. The van der Waals surface area contributed by atoms with E-state index in [4.69, 9.17) is 5.73 Å². The Hall–Kier alpha value is -0.630. The lowest BCUT2D eigenvalue weighted by Gasteiger charge is -2.27. The second kappa shape index (κ2) is 5.78. The Bertz CT molecular complexity index is 569. The van der Waals surface area contributed by atoms with Crippen LogP contribution in [0.3, 0.4) is 0 Å². The first-order chi connectivity index (χ1) is 8.65. The Labute approximate surface area is 122 Å². The van der Waals surface area contributed by atoms with Crippen LogP contribution in [0.1, 0.15) is 25.8 Å². The first-order valence-electron chi connectivity index (χ1n) is 5.85. The van der Waals surface area contributed by atoms with Crippen LogP contribution in [0.4, 0.5) is 5.69 Å². The van der Waals surface area contributed by atoms with E-state index in [9.17, 15) is 13.5 Å². The van der Waals surface area contributed by atoms with Crippen LogP contribution in [-0.4, -0.2) is 25.7 Å². The van der Waals surface area contributed by atoms with Crippen molar-refractivity contribution in [3.8, 4) is 0 Å². The highest BCUT2D eigenvalue weighted by Gasteiger charge is 2.29. The number of anilines is 1. The van der Waals surface area contributed by atoms with Gasteiger partial charge in [0.05, 0.1) is 17.0 Å². The summed E-state index contributed by atoms with van der Waals surface area (Å²) in [6, 6.07) is 3.07. The zero-order chi connectivity index (χ0) is 14.8. The fourth-order valence-corrected chi connectivity index (χ4v) is 3.74. The van der Waals surface area contributed by atoms with Crippen molar-refractivity contribution in [1.29, 1.82) is 0 Å². The van der Waals surface area contributed by atoms with E-state index in [2.05, 4.69) is 20.7 Å². The van der Waals surface area contributed by atoms with E-state index in [1.165, 1.54) is 6.07 Å². The summed E-state index contributed by atoms with van der Waals surface area (Å²) >= 11 is 3.26. The van der Waals surface area contributed by atoms with Gasteiger partial charge in [-0.25, -0.2) is 13.1 Å². The first-order valence-corrected chi connectivity index (χ1v) is 8.13. The fraction of sp³-hybridized carbons (Fsp3) is 0.500. The second-order valence-corrected chi connectivity index (χ2v) is 7.32. The molecule has 1 aromatic carbocycles. The monoisotopic (exact) mass is 350 g/mol. The number of aryl methyl sites for hydroxylation is 1. The maximum Gasteiger partial charge on any atom is 0.241 e. The standard InChI is InChI=1S/C12H19BrN2O3S/c1-4-12(3,7-16)15-19(17,18)11-6-10(14)9(13)5-8(11)2/h5-6,15-16H,4,7,14H2,1-3H3. The molecule has 19 heavy (non-hydrogen) atoms. The Morgan fingerprint density at radius 1 is 1.47 bits per heavy atom. The summed E-state index contributed by atoms with van der Waals surface area (Å²) in [4.78, 5) is 0.126. The highest BCUT2D eigenvalue weighted by Crippen LogP contribution is 2.27. The van der Waals surface area contributed by atoms with Gasteiger partial charge in [-0.1, -0.05) is 6.92 Å². The molecule has 1 rings (SSSR count). The number of hydrogen-bond donors (Lipinski definition) is 3. The van der Waals surface area contributed by atoms with Crippen molar-refractivity contribution in [2.45, 2.75) is 37.6 Å². The lowest BCUT2D eigenvalue weighted by Crippen LogP contribution is -2.48. The molecule has 0 heterocycles. The molecule has 0 bridgehead atoms. The fourth-order valence-electron chi connectivity index (χ4n) is 1.55. The summed E-state index contributed by atoms with van der Waals surface area (Å²) in [5.41, 5.74) is 5.79. The summed E-state index contributed by atoms with van der Waals surface area (Å²) < 4.78 is 27.9. The number of benzene rings is 1. The third kappa shape index (κ3) is 3.68. The Balaban J connectivity index is 3.25. The maximum absolute atomic E-state index is 12.4. The van der Waals surface area contributed by atoms with Gasteiger partial charge in [0, 0.05) is 10.2 Å². The van der Waals surface area contributed by atoms with Crippen LogP contribution in [0.5, 0.6) is 0 Å². The predicted octanol–water partition coefficient (Wildman–Crippen LogP) is 1.78. The molecule has 0 spiro atoms. The van der Waals surface area contributed by atoms with Crippen LogP contribution in [0.2, 0.25) is 0 Å². The van der Waals surface area contributed by atoms with Gasteiger partial charge in [0.2, 0.25) is 10.0 Å². The summed E-state index contributed by atoms with van der Waals surface area (Å²) in [5.74, 6) is 0. The van der Waals surface area contributed by atoms with Crippen LogP contribution in [0.25, 0.3) is 0 Å². The van der Waals surface area contributed by atoms with Gasteiger partial charge >= 0.3 is 0 Å². The second-order valence-electron chi connectivity index (χ2n) is 4.82. The number of hydrogen-bond acceptors (Lipinski definition) is 4. The number of halogens is 1. The number of nitrogen functional groups attached to an aromatic ring is 1. The molecule has 0 saturated carbocycles. The predicted molar refractivity (Wildman–Crippen MR) is 79.4 cm³/mol. The van der Waals surface area contributed by atoms with E-state index in [0.717, 1.165) is 0 Å². The van der Waals surface area contributed by atoms with Gasteiger partial charge in [-0.05, 0) is 53.9 Å². The Kier molecular flexibility index (Phi) is 5.00. The van der Waals surface area contributed by atoms with E-state index >= 15 is 0 Å². The van der Waals surface area contributed by atoms with Crippen molar-refractivity contribution in [3.05, 3.63) is 22.2 Å². The van der Waals surface area contributed by atoms with Crippen molar-refractivity contribution in [2.24, 2.45) is 0 Å². The lowest BCUT2D eigenvalue weighted by atomic mass is 10.0. The van der Waals surface area contributed by atoms with E-state index in [-0.39, 0.29) is 11.5 Å². The largest absolute Gasteiger partial charge is 0.398 e. The van der Waals surface area contributed by atoms with Crippen LogP contribution in [0, 0.1) is 6.92 Å². The van der Waals surface area contributed by atoms with Crippen molar-refractivity contribution in [2.75, 3.05) is 12.3 Å². The third-order valence-electron chi connectivity index (χ3n) is 3.09. The molecule has 1 atom stereocenters. The molecule has 4 N–H and O–H groups in total. The molecule has 1 aromatic rings. The molecular formula is C12H19BrN2O3S. The first kappa shape index (κ1) is 16.4. The Morgan fingerprint density at radius 3 is 2.53 bits per heavy atom. The third-order valence-corrected chi connectivity index (χ3v) is 5.56. The molecule has 5 nitrogen and oxygen atoms in total. The van der Waals surface area contributed by atoms with Crippen molar-refractivity contribution >= 4 is 31.6 Å². The van der Waals surface area contributed by atoms with E-state index < -0.39 is 15.6 Å². The van der Waals surface area contributed by atoms with Crippen LogP contribution < -0.4 is 10.5 Å².